The molecule has 3 atom stereocenters. The van der Waals surface area contributed by atoms with E-state index in [2.05, 4.69) is 30.1 Å². The molecule has 1 amide bonds. The summed E-state index contributed by atoms with van der Waals surface area (Å²) in [4.78, 5) is 15.1. The third-order valence-corrected chi connectivity index (χ3v) is 5.03. The molecule has 2 aliphatic heterocycles. The van der Waals surface area contributed by atoms with Crippen molar-refractivity contribution >= 4 is 5.91 Å². The lowest BCUT2D eigenvalue weighted by Gasteiger charge is -2.27. The molecule has 0 radical (unpaired) electrons. The number of rotatable bonds is 3. The average molecular weight is 272 g/mol. The van der Waals surface area contributed by atoms with E-state index in [0.717, 1.165) is 38.0 Å². The van der Waals surface area contributed by atoms with Crippen molar-refractivity contribution in [2.45, 2.75) is 32.7 Å². The number of amides is 1. The van der Waals surface area contributed by atoms with Gasteiger partial charge >= 0.3 is 0 Å². The van der Waals surface area contributed by atoms with Crippen LogP contribution < -0.4 is 5.32 Å². The lowest BCUT2D eigenvalue weighted by molar-refractivity contribution is 0.0710. The molecule has 3 rings (SSSR count). The number of hydrogen-bond acceptors (Lipinski definition) is 2. The molecule has 2 heterocycles. The number of carbonyl (C=O) groups excluding carboxylic acids is 1. The predicted octanol–water partition coefficient (Wildman–Crippen LogP) is 2.32. The van der Waals surface area contributed by atoms with Gasteiger partial charge in [0, 0.05) is 31.2 Å². The molecule has 1 N–H and O–H groups in total. The summed E-state index contributed by atoms with van der Waals surface area (Å²) in [5.41, 5.74) is 2.07. The third kappa shape index (κ3) is 2.14. The highest BCUT2D eigenvalue weighted by Gasteiger charge is 2.45. The monoisotopic (exact) mass is 272 g/mol. The first kappa shape index (κ1) is 13.6. The number of fused-ring (bicyclic) bond motifs is 1. The van der Waals surface area contributed by atoms with E-state index in [-0.39, 0.29) is 5.91 Å². The van der Waals surface area contributed by atoms with E-state index in [1.54, 1.807) is 0 Å². The SMILES string of the molecule is CCc1ccccc1C(=O)N1CC2CNCC2C1CC. The van der Waals surface area contributed by atoms with Gasteiger partial charge in [-0.1, -0.05) is 32.0 Å². The van der Waals surface area contributed by atoms with Crippen LogP contribution in [-0.2, 0) is 6.42 Å². The summed E-state index contributed by atoms with van der Waals surface area (Å²) < 4.78 is 0. The van der Waals surface area contributed by atoms with Crippen LogP contribution in [0.25, 0.3) is 0 Å². The summed E-state index contributed by atoms with van der Waals surface area (Å²) in [6.07, 6.45) is 1.98. The molecule has 0 bridgehead atoms. The fraction of sp³-hybridized carbons (Fsp3) is 0.588. The van der Waals surface area contributed by atoms with E-state index in [4.69, 9.17) is 0 Å². The van der Waals surface area contributed by atoms with Crippen molar-refractivity contribution in [1.29, 1.82) is 0 Å². The van der Waals surface area contributed by atoms with Crippen molar-refractivity contribution < 1.29 is 4.79 Å². The Morgan fingerprint density at radius 3 is 2.85 bits per heavy atom. The van der Waals surface area contributed by atoms with Crippen molar-refractivity contribution in [3.8, 4) is 0 Å². The maximum absolute atomic E-state index is 12.9. The van der Waals surface area contributed by atoms with Gasteiger partial charge in [0.15, 0.2) is 0 Å². The van der Waals surface area contributed by atoms with Gasteiger partial charge in [0.05, 0.1) is 0 Å². The maximum atomic E-state index is 12.9. The Morgan fingerprint density at radius 2 is 2.10 bits per heavy atom. The van der Waals surface area contributed by atoms with Crippen LogP contribution in [-0.4, -0.2) is 36.5 Å². The molecule has 108 valence electrons. The zero-order valence-corrected chi connectivity index (χ0v) is 12.4. The van der Waals surface area contributed by atoms with E-state index >= 15 is 0 Å². The van der Waals surface area contributed by atoms with Crippen LogP contribution in [0.1, 0.15) is 36.2 Å². The zero-order valence-electron chi connectivity index (χ0n) is 12.4. The summed E-state index contributed by atoms with van der Waals surface area (Å²) in [7, 11) is 0. The van der Waals surface area contributed by atoms with Gasteiger partial charge in [-0.05, 0) is 36.3 Å². The molecule has 2 aliphatic rings. The van der Waals surface area contributed by atoms with Crippen molar-refractivity contribution in [1.82, 2.24) is 10.2 Å². The van der Waals surface area contributed by atoms with Crippen LogP contribution >= 0.6 is 0 Å². The van der Waals surface area contributed by atoms with Gasteiger partial charge in [0.2, 0.25) is 0 Å². The lowest BCUT2D eigenvalue weighted by Crippen LogP contribution is -2.39. The van der Waals surface area contributed by atoms with E-state index in [9.17, 15) is 4.79 Å². The minimum Gasteiger partial charge on any atom is -0.335 e. The van der Waals surface area contributed by atoms with Gasteiger partial charge in [-0.15, -0.1) is 0 Å². The van der Waals surface area contributed by atoms with Crippen LogP contribution in [0.2, 0.25) is 0 Å². The first-order valence-electron chi connectivity index (χ1n) is 7.85. The lowest BCUT2D eigenvalue weighted by atomic mass is 9.92. The first-order chi connectivity index (χ1) is 9.76. The second-order valence-corrected chi connectivity index (χ2v) is 6.03. The van der Waals surface area contributed by atoms with Crippen molar-refractivity contribution in [2.24, 2.45) is 11.8 Å². The molecule has 2 saturated heterocycles. The molecule has 0 spiro atoms. The highest BCUT2D eigenvalue weighted by Crippen LogP contribution is 2.35. The molecular formula is C17H24N2O. The van der Waals surface area contributed by atoms with Crippen LogP contribution in [0.4, 0.5) is 0 Å². The van der Waals surface area contributed by atoms with E-state index in [1.165, 1.54) is 5.56 Å². The molecule has 2 fully saturated rings. The highest BCUT2D eigenvalue weighted by molar-refractivity contribution is 5.96. The smallest absolute Gasteiger partial charge is 0.254 e. The summed E-state index contributed by atoms with van der Waals surface area (Å²) >= 11 is 0. The minimum atomic E-state index is 0.240. The van der Waals surface area contributed by atoms with Crippen LogP contribution in [0, 0.1) is 11.8 Å². The average Bonchev–Trinajstić information content (AvgIpc) is 3.06. The van der Waals surface area contributed by atoms with Crippen molar-refractivity contribution in [2.75, 3.05) is 19.6 Å². The molecule has 0 aliphatic carbocycles. The number of aryl methyl sites for hydroxylation is 1. The molecule has 20 heavy (non-hydrogen) atoms. The Labute approximate surface area is 121 Å². The molecular weight excluding hydrogens is 248 g/mol. The summed E-state index contributed by atoms with van der Waals surface area (Å²) in [5.74, 6) is 1.54. The summed E-state index contributed by atoms with van der Waals surface area (Å²) in [6, 6.07) is 8.47. The minimum absolute atomic E-state index is 0.240. The largest absolute Gasteiger partial charge is 0.335 e. The fourth-order valence-electron chi connectivity index (χ4n) is 3.97. The van der Waals surface area contributed by atoms with E-state index < -0.39 is 0 Å². The molecule has 0 aromatic heterocycles. The molecule has 3 nitrogen and oxygen atoms in total. The molecule has 3 heteroatoms. The predicted molar refractivity (Wildman–Crippen MR) is 80.8 cm³/mol. The van der Waals surface area contributed by atoms with Crippen molar-refractivity contribution in [3.63, 3.8) is 0 Å². The van der Waals surface area contributed by atoms with Crippen LogP contribution in [0.15, 0.2) is 24.3 Å². The maximum Gasteiger partial charge on any atom is 0.254 e. The van der Waals surface area contributed by atoms with Gasteiger partial charge in [0.1, 0.15) is 0 Å². The Hall–Kier alpha value is -1.35. The second-order valence-electron chi connectivity index (χ2n) is 6.03. The topological polar surface area (TPSA) is 32.3 Å². The van der Waals surface area contributed by atoms with Gasteiger partial charge in [0.25, 0.3) is 5.91 Å². The number of hydrogen-bond donors (Lipinski definition) is 1. The second kappa shape index (κ2) is 5.57. The van der Waals surface area contributed by atoms with Gasteiger partial charge in [-0.2, -0.15) is 0 Å². The Morgan fingerprint density at radius 1 is 1.30 bits per heavy atom. The molecule has 3 unspecified atom stereocenters. The van der Waals surface area contributed by atoms with Crippen molar-refractivity contribution in [3.05, 3.63) is 35.4 Å². The van der Waals surface area contributed by atoms with Gasteiger partial charge in [-0.25, -0.2) is 0 Å². The normalized spacial score (nSPS) is 28.7. The van der Waals surface area contributed by atoms with E-state index in [0.29, 0.717) is 17.9 Å². The standard InChI is InChI=1S/C17H24N2O/c1-3-12-7-5-6-8-14(12)17(20)19-11-13-9-18-10-15(13)16(19)4-2/h5-8,13,15-16,18H,3-4,9-11H2,1-2H3. The molecule has 0 saturated carbocycles. The van der Waals surface area contributed by atoms with E-state index in [1.807, 2.05) is 18.2 Å². The van der Waals surface area contributed by atoms with Crippen LogP contribution in [0.3, 0.4) is 0 Å². The highest BCUT2D eigenvalue weighted by atomic mass is 16.2. The number of carbonyl (C=O) groups is 1. The fourth-order valence-corrected chi connectivity index (χ4v) is 3.97. The van der Waals surface area contributed by atoms with Gasteiger partial charge in [-0.3, -0.25) is 4.79 Å². The van der Waals surface area contributed by atoms with Gasteiger partial charge < -0.3 is 10.2 Å². The number of benzene rings is 1. The Bertz CT molecular complexity index is 500. The quantitative estimate of drug-likeness (QED) is 0.916. The summed E-state index contributed by atoms with van der Waals surface area (Å²) in [5, 5.41) is 3.47. The third-order valence-electron chi connectivity index (χ3n) is 5.03. The van der Waals surface area contributed by atoms with Crippen LogP contribution in [0.5, 0.6) is 0 Å². The number of nitrogens with one attached hydrogen (secondary N) is 1. The summed E-state index contributed by atoms with van der Waals surface area (Å²) in [6.45, 7) is 7.39. The Kier molecular flexibility index (Phi) is 3.79. The zero-order chi connectivity index (χ0) is 14.1. The first-order valence-corrected chi connectivity index (χ1v) is 7.85. The number of nitrogens with zero attached hydrogens (tertiary/aromatic N) is 1. The molecule has 1 aromatic carbocycles. The Balaban J connectivity index is 1.87. The molecule has 1 aromatic rings. The number of likely N-dealkylation sites (tertiary alicyclic amines) is 1.